The van der Waals surface area contributed by atoms with E-state index in [2.05, 4.69) is 20.9 Å². The van der Waals surface area contributed by atoms with Gasteiger partial charge in [-0.3, -0.25) is 9.69 Å². The van der Waals surface area contributed by atoms with Crippen molar-refractivity contribution in [3.05, 3.63) is 56.4 Å². The lowest BCUT2D eigenvalue weighted by Gasteiger charge is -2.08. The number of ether oxygens (including phenoxy) is 2. The highest BCUT2D eigenvalue weighted by molar-refractivity contribution is 9.10. The fourth-order valence-electron chi connectivity index (χ4n) is 2.41. The van der Waals surface area contributed by atoms with Crippen molar-refractivity contribution in [3.8, 4) is 11.5 Å². The summed E-state index contributed by atoms with van der Waals surface area (Å²) in [5.41, 5.74) is 1.52. The molecular formula is C19H16BrClN2O3S. The SMILES string of the molecule is COc1ccc(/C=C2\SC(=Nc3ccc(Br)c(Cl)c3)N(C)C2=O)cc1OC. The lowest BCUT2D eigenvalue weighted by molar-refractivity contribution is -0.121. The molecule has 0 N–H and O–H groups in total. The zero-order chi connectivity index (χ0) is 19.6. The number of hydrogen-bond acceptors (Lipinski definition) is 5. The molecule has 0 atom stereocenters. The van der Waals surface area contributed by atoms with E-state index < -0.39 is 0 Å². The van der Waals surface area contributed by atoms with Crippen molar-refractivity contribution in [2.24, 2.45) is 4.99 Å². The summed E-state index contributed by atoms with van der Waals surface area (Å²) < 4.78 is 11.4. The molecular weight excluding hydrogens is 452 g/mol. The number of halogens is 2. The number of aliphatic imine (C=N–C) groups is 1. The predicted molar refractivity (Wildman–Crippen MR) is 114 cm³/mol. The summed E-state index contributed by atoms with van der Waals surface area (Å²) in [4.78, 5) is 19.2. The van der Waals surface area contributed by atoms with Crippen LogP contribution in [-0.4, -0.2) is 37.2 Å². The second-order valence-corrected chi connectivity index (χ2v) is 7.85. The first kappa shape index (κ1) is 19.8. The summed E-state index contributed by atoms with van der Waals surface area (Å²) in [6, 6.07) is 10.9. The molecule has 1 saturated heterocycles. The van der Waals surface area contributed by atoms with Gasteiger partial charge < -0.3 is 9.47 Å². The van der Waals surface area contributed by atoms with Crippen LogP contribution in [0.4, 0.5) is 5.69 Å². The maximum atomic E-state index is 12.6. The topological polar surface area (TPSA) is 51.1 Å². The Bertz CT molecular complexity index is 962. The van der Waals surface area contributed by atoms with E-state index in [9.17, 15) is 4.79 Å². The van der Waals surface area contributed by atoms with Gasteiger partial charge in [-0.1, -0.05) is 17.7 Å². The van der Waals surface area contributed by atoms with Gasteiger partial charge in [-0.2, -0.15) is 0 Å². The fraction of sp³-hybridized carbons (Fsp3) is 0.158. The monoisotopic (exact) mass is 466 g/mol. The van der Waals surface area contributed by atoms with Crippen LogP contribution in [0.3, 0.4) is 0 Å². The van der Waals surface area contributed by atoms with Crippen molar-refractivity contribution in [3.63, 3.8) is 0 Å². The van der Waals surface area contributed by atoms with Crippen LogP contribution < -0.4 is 9.47 Å². The van der Waals surface area contributed by atoms with Crippen molar-refractivity contribution in [1.82, 2.24) is 4.90 Å². The average molecular weight is 468 g/mol. The normalized spacial score (nSPS) is 17.1. The number of methoxy groups -OCH3 is 2. The summed E-state index contributed by atoms with van der Waals surface area (Å²) in [6.07, 6.45) is 1.81. The molecule has 3 rings (SSSR count). The number of hydrogen-bond donors (Lipinski definition) is 0. The Labute approximate surface area is 175 Å². The zero-order valence-electron chi connectivity index (χ0n) is 14.8. The maximum Gasteiger partial charge on any atom is 0.266 e. The number of amidine groups is 1. The van der Waals surface area contributed by atoms with E-state index in [0.29, 0.717) is 32.3 Å². The van der Waals surface area contributed by atoms with E-state index in [1.165, 1.54) is 16.7 Å². The van der Waals surface area contributed by atoms with Crippen molar-refractivity contribution in [1.29, 1.82) is 0 Å². The molecule has 0 radical (unpaired) electrons. The number of rotatable bonds is 4. The molecule has 5 nitrogen and oxygen atoms in total. The number of carbonyl (C=O) groups is 1. The first-order chi connectivity index (χ1) is 12.9. The van der Waals surface area contributed by atoms with Gasteiger partial charge in [0.05, 0.1) is 29.8 Å². The largest absolute Gasteiger partial charge is 0.493 e. The molecule has 1 amide bonds. The maximum absolute atomic E-state index is 12.6. The van der Waals surface area contributed by atoms with Crippen molar-refractivity contribution < 1.29 is 14.3 Å². The van der Waals surface area contributed by atoms with Crippen LogP contribution in [0.25, 0.3) is 6.08 Å². The first-order valence-electron chi connectivity index (χ1n) is 7.86. The zero-order valence-corrected chi connectivity index (χ0v) is 18.0. The lowest BCUT2D eigenvalue weighted by Crippen LogP contribution is -2.23. The van der Waals surface area contributed by atoms with Crippen LogP contribution in [0.1, 0.15) is 5.56 Å². The third kappa shape index (κ3) is 4.31. The van der Waals surface area contributed by atoms with Crippen molar-refractivity contribution in [2.45, 2.75) is 0 Å². The van der Waals surface area contributed by atoms with E-state index >= 15 is 0 Å². The quantitative estimate of drug-likeness (QED) is 0.569. The van der Waals surface area contributed by atoms with Gasteiger partial charge in [-0.15, -0.1) is 0 Å². The smallest absolute Gasteiger partial charge is 0.266 e. The Morgan fingerprint density at radius 2 is 1.89 bits per heavy atom. The Kier molecular flexibility index (Phi) is 6.14. The third-order valence-electron chi connectivity index (χ3n) is 3.84. The average Bonchev–Trinajstić information content (AvgIpc) is 2.92. The summed E-state index contributed by atoms with van der Waals surface area (Å²) in [5.74, 6) is 1.13. The minimum Gasteiger partial charge on any atom is -0.493 e. The molecule has 1 aliphatic heterocycles. The number of amides is 1. The van der Waals surface area contributed by atoms with Gasteiger partial charge in [-0.05, 0) is 69.7 Å². The first-order valence-corrected chi connectivity index (χ1v) is 9.85. The van der Waals surface area contributed by atoms with Crippen LogP contribution in [0.15, 0.2) is 50.8 Å². The number of carbonyl (C=O) groups excluding carboxylic acids is 1. The van der Waals surface area contributed by atoms with Gasteiger partial charge in [-0.25, -0.2) is 4.99 Å². The molecule has 0 saturated carbocycles. The number of benzene rings is 2. The van der Waals surface area contributed by atoms with E-state index in [-0.39, 0.29) is 5.91 Å². The van der Waals surface area contributed by atoms with Crippen molar-refractivity contribution in [2.75, 3.05) is 21.3 Å². The van der Waals surface area contributed by atoms with Gasteiger partial charge in [0, 0.05) is 11.5 Å². The Morgan fingerprint density at radius 3 is 2.56 bits per heavy atom. The molecule has 140 valence electrons. The summed E-state index contributed by atoms with van der Waals surface area (Å²) in [5, 5.41) is 1.15. The molecule has 8 heteroatoms. The van der Waals surface area contributed by atoms with Crippen LogP contribution in [0, 0.1) is 0 Å². The molecule has 0 bridgehead atoms. The molecule has 1 fully saturated rings. The molecule has 0 spiro atoms. The number of nitrogens with zero attached hydrogens (tertiary/aromatic N) is 2. The summed E-state index contributed by atoms with van der Waals surface area (Å²) in [7, 11) is 4.86. The second kappa shape index (κ2) is 8.37. The van der Waals surface area contributed by atoms with Crippen LogP contribution in [0.2, 0.25) is 5.02 Å². The Balaban J connectivity index is 1.90. The fourth-order valence-corrected chi connectivity index (χ4v) is 3.82. The second-order valence-electron chi connectivity index (χ2n) is 5.58. The molecule has 2 aromatic rings. The molecule has 0 unspecified atom stereocenters. The van der Waals surface area contributed by atoms with E-state index in [1.54, 1.807) is 33.4 Å². The summed E-state index contributed by atoms with van der Waals surface area (Å²) >= 11 is 10.8. The van der Waals surface area contributed by atoms with Crippen LogP contribution in [-0.2, 0) is 4.79 Å². The molecule has 0 aromatic heterocycles. The van der Waals surface area contributed by atoms with Gasteiger partial charge in [0.1, 0.15) is 0 Å². The minimum absolute atomic E-state index is 0.114. The van der Waals surface area contributed by atoms with E-state index in [1.807, 2.05) is 30.3 Å². The van der Waals surface area contributed by atoms with E-state index in [4.69, 9.17) is 21.1 Å². The molecule has 27 heavy (non-hydrogen) atoms. The third-order valence-corrected chi connectivity index (χ3v) is 6.13. The standard InChI is InChI=1S/C19H16BrClN2O3S/c1-23-18(24)17(9-11-4-7-15(25-2)16(8-11)26-3)27-19(23)22-12-5-6-13(20)14(21)10-12/h4-10H,1-3H3/b17-9-,22-19?. The molecule has 1 heterocycles. The van der Waals surface area contributed by atoms with Gasteiger partial charge in [0.15, 0.2) is 16.7 Å². The van der Waals surface area contributed by atoms with Crippen molar-refractivity contribution >= 4 is 62.1 Å². The Hall–Kier alpha value is -1.96. The minimum atomic E-state index is -0.114. The highest BCUT2D eigenvalue weighted by Crippen LogP contribution is 2.36. The molecule has 2 aromatic carbocycles. The van der Waals surface area contributed by atoms with Crippen LogP contribution >= 0.6 is 39.3 Å². The molecule has 1 aliphatic rings. The highest BCUT2D eigenvalue weighted by atomic mass is 79.9. The van der Waals surface area contributed by atoms with Gasteiger partial charge >= 0.3 is 0 Å². The number of likely N-dealkylation sites (N-methyl/N-ethyl adjacent to an activating group) is 1. The molecule has 0 aliphatic carbocycles. The Morgan fingerprint density at radius 1 is 1.15 bits per heavy atom. The lowest BCUT2D eigenvalue weighted by atomic mass is 10.2. The van der Waals surface area contributed by atoms with Gasteiger partial charge in [0.2, 0.25) is 0 Å². The van der Waals surface area contributed by atoms with Gasteiger partial charge in [0.25, 0.3) is 5.91 Å². The van der Waals surface area contributed by atoms with Crippen LogP contribution in [0.5, 0.6) is 11.5 Å². The summed E-state index contributed by atoms with van der Waals surface area (Å²) in [6.45, 7) is 0. The predicted octanol–water partition coefficient (Wildman–Crippen LogP) is 5.35. The van der Waals surface area contributed by atoms with E-state index in [0.717, 1.165) is 10.0 Å². The highest BCUT2D eigenvalue weighted by Gasteiger charge is 2.30. The number of thioether (sulfide) groups is 1.